The fraction of sp³-hybridized carbons (Fsp3) is 0.600. The van der Waals surface area contributed by atoms with Crippen LogP contribution in [-0.4, -0.2) is 43.7 Å². The zero-order valence-electron chi connectivity index (χ0n) is 9.68. The second-order valence-corrected chi connectivity index (χ2v) is 3.41. The molecule has 0 saturated carbocycles. The summed E-state index contributed by atoms with van der Waals surface area (Å²) in [6, 6.07) is -0.755. The Bertz CT molecular complexity index is 373. The predicted octanol–water partition coefficient (Wildman–Crippen LogP) is 0.210. The highest BCUT2D eigenvalue weighted by Crippen LogP contribution is 2.19. The van der Waals surface area contributed by atoms with E-state index in [0.717, 1.165) is 0 Å². The van der Waals surface area contributed by atoms with Crippen molar-refractivity contribution in [3.8, 4) is 0 Å². The minimum atomic E-state index is -0.806. The van der Waals surface area contributed by atoms with Gasteiger partial charge in [-0.3, -0.25) is 9.59 Å². The molecule has 1 rings (SSSR count). The van der Waals surface area contributed by atoms with Gasteiger partial charge in [-0.05, 0) is 13.8 Å². The van der Waals surface area contributed by atoms with Crippen LogP contribution in [0.15, 0.2) is 9.98 Å². The average molecular weight is 226 g/mol. The summed E-state index contributed by atoms with van der Waals surface area (Å²) in [6.07, 6.45) is 0. The summed E-state index contributed by atoms with van der Waals surface area (Å²) >= 11 is 0. The molecule has 0 radical (unpaired) electrons. The number of rotatable bonds is 2. The molecule has 1 aliphatic heterocycles. The molecule has 0 fully saturated rings. The lowest BCUT2D eigenvalue weighted by Gasteiger charge is -2.24. The van der Waals surface area contributed by atoms with Crippen LogP contribution in [0.25, 0.3) is 0 Å². The maximum absolute atomic E-state index is 11.5. The van der Waals surface area contributed by atoms with Crippen molar-refractivity contribution in [1.29, 1.82) is 0 Å². The number of amidine groups is 1. The number of ketones is 2. The summed E-state index contributed by atoms with van der Waals surface area (Å²) in [6.45, 7) is 2.75. The van der Waals surface area contributed by atoms with Crippen LogP contribution in [-0.2, 0) is 19.1 Å². The van der Waals surface area contributed by atoms with Crippen molar-refractivity contribution >= 4 is 23.5 Å². The molecule has 88 valence electrons. The fourth-order valence-electron chi connectivity index (χ4n) is 1.51. The highest BCUT2D eigenvalue weighted by molar-refractivity contribution is 6.10. The molecule has 0 aromatic rings. The van der Waals surface area contributed by atoms with Gasteiger partial charge in [0, 0.05) is 0 Å². The molecule has 0 N–H and O–H groups in total. The summed E-state index contributed by atoms with van der Waals surface area (Å²) in [4.78, 5) is 30.7. The Morgan fingerprint density at radius 2 is 1.75 bits per heavy atom. The molecule has 2 unspecified atom stereocenters. The van der Waals surface area contributed by atoms with E-state index < -0.39 is 12.0 Å². The maximum atomic E-state index is 11.5. The van der Waals surface area contributed by atoms with Crippen LogP contribution in [0.3, 0.4) is 0 Å². The van der Waals surface area contributed by atoms with Crippen LogP contribution >= 0.6 is 0 Å². The molecule has 0 aromatic heterocycles. The van der Waals surface area contributed by atoms with E-state index in [1.54, 1.807) is 0 Å². The van der Waals surface area contributed by atoms with E-state index in [1.165, 1.54) is 28.1 Å². The third kappa shape index (κ3) is 2.26. The zero-order chi connectivity index (χ0) is 12.3. The number of carbonyl (C=O) groups excluding carboxylic acids is 2. The Balaban J connectivity index is 3.15. The standard InChI is InChI=1S/C10H14N2O4/c1-5(13)7-8(6(2)14)11-10(16-4)12-9(7)15-3/h7-8H,1-4H3. The molecule has 2 atom stereocenters. The van der Waals surface area contributed by atoms with Gasteiger partial charge >= 0.3 is 6.02 Å². The summed E-state index contributed by atoms with van der Waals surface area (Å²) in [5.74, 6) is -1.01. The molecule has 0 aliphatic carbocycles. The first kappa shape index (κ1) is 12.4. The first-order valence-electron chi connectivity index (χ1n) is 4.76. The Hall–Kier alpha value is -1.72. The van der Waals surface area contributed by atoms with Gasteiger partial charge in [0.2, 0.25) is 5.90 Å². The smallest absolute Gasteiger partial charge is 0.315 e. The second kappa shape index (κ2) is 4.87. The fourth-order valence-corrected chi connectivity index (χ4v) is 1.51. The molecular formula is C10H14N2O4. The van der Waals surface area contributed by atoms with Gasteiger partial charge in [-0.25, -0.2) is 4.99 Å². The molecule has 1 aliphatic rings. The van der Waals surface area contributed by atoms with Gasteiger partial charge in [0.15, 0.2) is 5.78 Å². The van der Waals surface area contributed by atoms with E-state index in [9.17, 15) is 9.59 Å². The van der Waals surface area contributed by atoms with Crippen molar-refractivity contribution in [2.75, 3.05) is 14.2 Å². The lowest BCUT2D eigenvalue weighted by Crippen LogP contribution is -2.41. The van der Waals surface area contributed by atoms with Crippen molar-refractivity contribution < 1.29 is 19.1 Å². The number of carbonyl (C=O) groups is 2. The number of ether oxygens (including phenoxy) is 2. The van der Waals surface area contributed by atoms with Gasteiger partial charge in [-0.15, -0.1) is 0 Å². The predicted molar refractivity (Wildman–Crippen MR) is 57.5 cm³/mol. The monoisotopic (exact) mass is 226 g/mol. The molecule has 0 amide bonds. The van der Waals surface area contributed by atoms with Gasteiger partial charge in [0.05, 0.1) is 14.2 Å². The lowest BCUT2D eigenvalue weighted by atomic mass is 9.92. The molecule has 0 saturated heterocycles. The Morgan fingerprint density at radius 3 is 2.12 bits per heavy atom. The van der Waals surface area contributed by atoms with E-state index in [-0.39, 0.29) is 23.5 Å². The number of aliphatic imine (C=N–C) groups is 2. The van der Waals surface area contributed by atoms with Gasteiger partial charge in [0.1, 0.15) is 17.7 Å². The summed E-state index contributed by atoms with van der Waals surface area (Å²) in [5, 5.41) is 0. The van der Waals surface area contributed by atoms with Gasteiger partial charge in [-0.2, -0.15) is 4.99 Å². The third-order valence-electron chi connectivity index (χ3n) is 2.28. The number of Topliss-reactive ketones (excluding diaryl/α,β-unsaturated/α-hetero) is 2. The minimum Gasteiger partial charge on any atom is -0.483 e. The van der Waals surface area contributed by atoms with E-state index in [0.29, 0.717) is 0 Å². The van der Waals surface area contributed by atoms with Crippen LogP contribution in [0.5, 0.6) is 0 Å². The molecule has 16 heavy (non-hydrogen) atoms. The first-order valence-corrected chi connectivity index (χ1v) is 4.76. The van der Waals surface area contributed by atoms with Crippen LogP contribution in [0.1, 0.15) is 13.8 Å². The van der Waals surface area contributed by atoms with Gasteiger partial charge in [-0.1, -0.05) is 0 Å². The molecule has 6 nitrogen and oxygen atoms in total. The van der Waals surface area contributed by atoms with Crippen molar-refractivity contribution in [2.45, 2.75) is 19.9 Å². The Morgan fingerprint density at radius 1 is 1.12 bits per heavy atom. The van der Waals surface area contributed by atoms with Crippen LogP contribution in [0, 0.1) is 5.92 Å². The second-order valence-electron chi connectivity index (χ2n) is 3.41. The number of methoxy groups -OCH3 is 2. The maximum Gasteiger partial charge on any atom is 0.315 e. The number of hydrogen-bond acceptors (Lipinski definition) is 6. The normalized spacial score (nSPS) is 24.2. The number of hydrogen-bond donors (Lipinski definition) is 0. The first-order chi connectivity index (χ1) is 7.51. The van der Waals surface area contributed by atoms with Crippen molar-refractivity contribution in [3.05, 3.63) is 0 Å². The number of nitrogens with zero attached hydrogens (tertiary/aromatic N) is 2. The molecular weight excluding hydrogens is 212 g/mol. The lowest BCUT2D eigenvalue weighted by molar-refractivity contribution is -0.125. The molecule has 0 aromatic carbocycles. The van der Waals surface area contributed by atoms with Crippen LogP contribution in [0.2, 0.25) is 0 Å². The quantitative estimate of drug-likeness (QED) is 0.674. The molecule has 6 heteroatoms. The topological polar surface area (TPSA) is 77.3 Å². The molecule has 0 bridgehead atoms. The average Bonchev–Trinajstić information content (AvgIpc) is 2.26. The summed E-state index contributed by atoms with van der Waals surface area (Å²) in [5.41, 5.74) is 0. The van der Waals surface area contributed by atoms with Crippen LogP contribution < -0.4 is 0 Å². The third-order valence-corrected chi connectivity index (χ3v) is 2.28. The van der Waals surface area contributed by atoms with E-state index >= 15 is 0 Å². The SMILES string of the molecule is COC1=NC(C(C)=O)C(C(C)=O)C(OC)=N1. The van der Waals surface area contributed by atoms with Crippen molar-refractivity contribution in [2.24, 2.45) is 15.9 Å². The Labute approximate surface area is 93.4 Å². The van der Waals surface area contributed by atoms with E-state index in [1.807, 2.05) is 0 Å². The van der Waals surface area contributed by atoms with Crippen molar-refractivity contribution in [1.82, 2.24) is 0 Å². The van der Waals surface area contributed by atoms with E-state index in [4.69, 9.17) is 9.47 Å². The van der Waals surface area contributed by atoms with Gasteiger partial charge in [0.25, 0.3) is 0 Å². The van der Waals surface area contributed by atoms with Crippen molar-refractivity contribution in [3.63, 3.8) is 0 Å². The van der Waals surface area contributed by atoms with E-state index in [2.05, 4.69) is 9.98 Å². The zero-order valence-corrected chi connectivity index (χ0v) is 9.68. The Kier molecular flexibility index (Phi) is 3.76. The summed E-state index contributed by atoms with van der Waals surface area (Å²) < 4.78 is 9.84. The highest BCUT2D eigenvalue weighted by Gasteiger charge is 2.38. The van der Waals surface area contributed by atoms with Crippen LogP contribution in [0.4, 0.5) is 0 Å². The molecule has 1 heterocycles. The summed E-state index contributed by atoms with van der Waals surface area (Å²) in [7, 11) is 2.78. The largest absolute Gasteiger partial charge is 0.483 e. The van der Waals surface area contributed by atoms with Gasteiger partial charge < -0.3 is 9.47 Å². The molecule has 0 spiro atoms. The highest BCUT2D eigenvalue weighted by atomic mass is 16.5. The minimum absolute atomic E-state index is 0.0505.